The van der Waals surface area contributed by atoms with Crippen molar-refractivity contribution in [3.63, 3.8) is 0 Å². The minimum absolute atomic E-state index is 0.0547. The lowest BCUT2D eigenvalue weighted by atomic mass is 10.2. The van der Waals surface area contributed by atoms with E-state index in [1.54, 1.807) is 4.90 Å². The van der Waals surface area contributed by atoms with Crippen LogP contribution in [0.4, 0.5) is 0 Å². The standard InChI is InChI=1S/C9H16BrNO2/c1-2-8(10)9(13)11-5-3-4-7(11)6-12/h7-8,12H,2-6H2,1H3/t7-,8?/m1/s1. The summed E-state index contributed by atoms with van der Waals surface area (Å²) in [5.74, 6) is 0.124. The average molecular weight is 250 g/mol. The Labute approximate surface area is 87.2 Å². The highest BCUT2D eigenvalue weighted by atomic mass is 79.9. The number of aliphatic hydroxyl groups excluding tert-OH is 1. The number of likely N-dealkylation sites (tertiary alicyclic amines) is 1. The van der Waals surface area contributed by atoms with Crippen LogP contribution in [-0.4, -0.2) is 39.9 Å². The molecule has 0 spiro atoms. The van der Waals surface area contributed by atoms with Gasteiger partial charge >= 0.3 is 0 Å². The van der Waals surface area contributed by atoms with Crippen LogP contribution < -0.4 is 0 Å². The quantitative estimate of drug-likeness (QED) is 0.763. The molecule has 1 heterocycles. The summed E-state index contributed by atoms with van der Waals surface area (Å²) >= 11 is 3.34. The zero-order chi connectivity index (χ0) is 9.84. The molecule has 0 saturated carbocycles. The molecule has 1 aliphatic heterocycles. The summed E-state index contributed by atoms with van der Waals surface area (Å²) in [7, 11) is 0. The highest BCUT2D eigenvalue weighted by Gasteiger charge is 2.30. The van der Waals surface area contributed by atoms with Crippen molar-refractivity contribution in [2.75, 3.05) is 13.2 Å². The Kier molecular flexibility index (Phi) is 4.19. The summed E-state index contributed by atoms with van der Waals surface area (Å²) in [5.41, 5.74) is 0. The van der Waals surface area contributed by atoms with E-state index < -0.39 is 0 Å². The van der Waals surface area contributed by atoms with E-state index in [2.05, 4.69) is 15.9 Å². The first-order chi connectivity index (χ1) is 6.20. The third-order valence-electron chi connectivity index (χ3n) is 2.50. The molecule has 1 saturated heterocycles. The Morgan fingerprint density at radius 2 is 2.46 bits per heavy atom. The fraction of sp³-hybridized carbons (Fsp3) is 0.889. The minimum Gasteiger partial charge on any atom is -0.394 e. The molecule has 1 aliphatic rings. The van der Waals surface area contributed by atoms with Crippen molar-refractivity contribution in [3.8, 4) is 0 Å². The summed E-state index contributed by atoms with van der Waals surface area (Å²) in [5, 5.41) is 9.03. The molecule has 0 aromatic rings. The molecule has 13 heavy (non-hydrogen) atoms. The lowest BCUT2D eigenvalue weighted by Crippen LogP contribution is -2.41. The molecular formula is C9H16BrNO2. The second-order valence-electron chi connectivity index (χ2n) is 3.39. The van der Waals surface area contributed by atoms with E-state index in [0.29, 0.717) is 0 Å². The number of carbonyl (C=O) groups excluding carboxylic acids is 1. The van der Waals surface area contributed by atoms with Gasteiger partial charge in [-0.25, -0.2) is 0 Å². The van der Waals surface area contributed by atoms with Crippen LogP contribution in [0.2, 0.25) is 0 Å². The Balaban J connectivity index is 2.54. The van der Waals surface area contributed by atoms with Crippen LogP contribution in [0, 0.1) is 0 Å². The molecule has 1 N–H and O–H groups in total. The van der Waals surface area contributed by atoms with E-state index in [0.717, 1.165) is 25.8 Å². The fourth-order valence-corrected chi connectivity index (χ4v) is 1.93. The number of halogens is 1. The minimum atomic E-state index is -0.0837. The van der Waals surface area contributed by atoms with Crippen molar-refractivity contribution in [3.05, 3.63) is 0 Å². The molecule has 0 aromatic carbocycles. The van der Waals surface area contributed by atoms with E-state index in [4.69, 9.17) is 5.11 Å². The lowest BCUT2D eigenvalue weighted by molar-refractivity contribution is -0.132. The summed E-state index contributed by atoms with van der Waals surface area (Å²) in [6.45, 7) is 2.86. The van der Waals surface area contributed by atoms with Gasteiger partial charge in [-0.2, -0.15) is 0 Å². The number of amides is 1. The van der Waals surface area contributed by atoms with E-state index >= 15 is 0 Å². The van der Waals surface area contributed by atoms with Crippen molar-refractivity contribution in [2.45, 2.75) is 37.1 Å². The molecule has 0 bridgehead atoms. The van der Waals surface area contributed by atoms with Crippen molar-refractivity contribution >= 4 is 21.8 Å². The Hall–Kier alpha value is -0.0900. The molecule has 1 rings (SSSR count). The van der Waals surface area contributed by atoms with Crippen molar-refractivity contribution < 1.29 is 9.90 Å². The number of nitrogens with zero attached hydrogens (tertiary/aromatic N) is 1. The van der Waals surface area contributed by atoms with E-state index in [1.165, 1.54) is 0 Å². The van der Waals surface area contributed by atoms with E-state index in [9.17, 15) is 4.79 Å². The first-order valence-corrected chi connectivity index (χ1v) is 5.67. The first-order valence-electron chi connectivity index (χ1n) is 4.76. The molecule has 76 valence electrons. The zero-order valence-corrected chi connectivity index (χ0v) is 9.46. The Morgan fingerprint density at radius 3 is 3.00 bits per heavy atom. The molecule has 0 aromatic heterocycles. The Bertz CT molecular complexity index is 186. The van der Waals surface area contributed by atoms with Gasteiger partial charge in [0, 0.05) is 6.54 Å². The highest BCUT2D eigenvalue weighted by Crippen LogP contribution is 2.20. The lowest BCUT2D eigenvalue weighted by Gasteiger charge is -2.24. The number of carbonyl (C=O) groups is 1. The normalized spacial score (nSPS) is 24.8. The monoisotopic (exact) mass is 249 g/mol. The molecule has 2 atom stereocenters. The average Bonchev–Trinajstić information content (AvgIpc) is 2.62. The summed E-state index contributed by atoms with van der Waals surface area (Å²) < 4.78 is 0. The fourth-order valence-electron chi connectivity index (χ4n) is 1.67. The van der Waals surface area contributed by atoms with Gasteiger partial charge in [-0.15, -0.1) is 0 Å². The van der Waals surface area contributed by atoms with Crippen molar-refractivity contribution in [1.29, 1.82) is 0 Å². The van der Waals surface area contributed by atoms with Gasteiger partial charge in [0.25, 0.3) is 0 Å². The van der Waals surface area contributed by atoms with Gasteiger partial charge in [0.1, 0.15) is 0 Å². The summed E-state index contributed by atoms with van der Waals surface area (Å²) in [4.78, 5) is 13.4. The topological polar surface area (TPSA) is 40.5 Å². The van der Waals surface area contributed by atoms with Gasteiger partial charge in [-0.05, 0) is 19.3 Å². The van der Waals surface area contributed by atoms with Gasteiger partial charge in [-0.1, -0.05) is 22.9 Å². The molecular weight excluding hydrogens is 234 g/mol. The third-order valence-corrected chi connectivity index (χ3v) is 3.54. The Morgan fingerprint density at radius 1 is 1.77 bits per heavy atom. The van der Waals surface area contributed by atoms with Gasteiger partial charge < -0.3 is 10.0 Å². The molecule has 1 fully saturated rings. The second kappa shape index (κ2) is 4.96. The van der Waals surface area contributed by atoms with Crippen LogP contribution in [-0.2, 0) is 4.79 Å². The molecule has 1 unspecified atom stereocenters. The van der Waals surface area contributed by atoms with Crippen molar-refractivity contribution in [1.82, 2.24) is 4.90 Å². The smallest absolute Gasteiger partial charge is 0.236 e. The number of aliphatic hydroxyl groups is 1. The molecule has 0 radical (unpaired) electrons. The van der Waals surface area contributed by atoms with Gasteiger partial charge in [0.15, 0.2) is 0 Å². The molecule has 3 nitrogen and oxygen atoms in total. The molecule has 4 heteroatoms. The highest BCUT2D eigenvalue weighted by molar-refractivity contribution is 9.10. The SMILES string of the molecule is CCC(Br)C(=O)N1CCC[C@@H]1CO. The molecule has 1 amide bonds. The van der Waals surface area contributed by atoms with Crippen LogP contribution in [0.3, 0.4) is 0 Å². The van der Waals surface area contributed by atoms with Crippen LogP contribution >= 0.6 is 15.9 Å². The first kappa shape index (κ1) is 11.0. The zero-order valence-electron chi connectivity index (χ0n) is 7.87. The number of alkyl halides is 1. The van der Waals surface area contributed by atoms with E-state index in [1.807, 2.05) is 6.92 Å². The maximum Gasteiger partial charge on any atom is 0.236 e. The van der Waals surface area contributed by atoms with Crippen LogP contribution in [0.5, 0.6) is 0 Å². The number of hydrogen-bond donors (Lipinski definition) is 1. The number of hydrogen-bond acceptors (Lipinski definition) is 2. The van der Waals surface area contributed by atoms with Crippen LogP contribution in [0.15, 0.2) is 0 Å². The van der Waals surface area contributed by atoms with Gasteiger partial charge in [-0.3, -0.25) is 4.79 Å². The van der Waals surface area contributed by atoms with Crippen molar-refractivity contribution in [2.24, 2.45) is 0 Å². The largest absolute Gasteiger partial charge is 0.394 e. The van der Waals surface area contributed by atoms with Crippen LogP contribution in [0.1, 0.15) is 26.2 Å². The van der Waals surface area contributed by atoms with Crippen LogP contribution in [0.25, 0.3) is 0 Å². The van der Waals surface area contributed by atoms with E-state index in [-0.39, 0.29) is 23.4 Å². The summed E-state index contributed by atoms with van der Waals surface area (Å²) in [6, 6.07) is 0.0547. The summed E-state index contributed by atoms with van der Waals surface area (Å²) in [6.07, 6.45) is 2.75. The predicted octanol–water partition coefficient (Wildman–Crippen LogP) is 1.14. The second-order valence-corrected chi connectivity index (χ2v) is 4.49. The number of rotatable bonds is 3. The third kappa shape index (κ3) is 2.44. The molecule has 0 aliphatic carbocycles. The predicted molar refractivity (Wildman–Crippen MR) is 54.8 cm³/mol. The van der Waals surface area contributed by atoms with Gasteiger partial charge in [0.05, 0.1) is 17.5 Å². The maximum absolute atomic E-state index is 11.7. The van der Waals surface area contributed by atoms with Gasteiger partial charge in [0.2, 0.25) is 5.91 Å². The maximum atomic E-state index is 11.7.